The van der Waals surface area contributed by atoms with Crippen molar-refractivity contribution < 1.29 is 9.53 Å². The van der Waals surface area contributed by atoms with Gasteiger partial charge in [0.25, 0.3) is 5.91 Å². The maximum absolute atomic E-state index is 13.0. The Labute approximate surface area is 202 Å². The number of fused-ring (bicyclic) bond motifs is 2. The Balaban J connectivity index is 1.12. The van der Waals surface area contributed by atoms with E-state index in [9.17, 15) is 4.79 Å². The largest absolute Gasteiger partial charge is 0.397 e. The highest BCUT2D eigenvalue weighted by Crippen LogP contribution is 2.33. The van der Waals surface area contributed by atoms with E-state index in [1.54, 1.807) is 0 Å². The first-order valence-electron chi connectivity index (χ1n) is 12.1. The summed E-state index contributed by atoms with van der Waals surface area (Å²) in [6.07, 6.45) is 5.26. The summed E-state index contributed by atoms with van der Waals surface area (Å²) in [6.45, 7) is 3.51. The van der Waals surface area contributed by atoms with Crippen LogP contribution in [0.3, 0.4) is 0 Å². The van der Waals surface area contributed by atoms with Gasteiger partial charge in [-0.25, -0.2) is 9.97 Å². The smallest absolute Gasteiger partial charge is 0.263 e. The van der Waals surface area contributed by atoms with Crippen molar-refractivity contribution in [3.05, 3.63) is 46.1 Å². The Hall–Kier alpha value is -2.75. The van der Waals surface area contributed by atoms with Crippen LogP contribution in [0.15, 0.2) is 24.3 Å². The third-order valence-corrected chi connectivity index (χ3v) is 8.16. The van der Waals surface area contributed by atoms with E-state index >= 15 is 0 Å². The van der Waals surface area contributed by atoms with Crippen molar-refractivity contribution in [2.24, 2.45) is 5.73 Å². The number of nitrogen functional groups attached to an aromatic ring is 1. The summed E-state index contributed by atoms with van der Waals surface area (Å²) < 4.78 is 6.07. The summed E-state index contributed by atoms with van der Waals surface area (Å²) >= 11 is 1.36. The van der Waals surface area contributed by atoms with Crippen LogP contribution >= 0.6 is 11.3 Å². The second-order valence-corrected chi connectivity index (χ2v) is 10.8. The van der Waals surface area contributed by atoms with Gasteiger partial charge in [0.05, 0.1) is 23.9 Å². The van der Waals surface area contributed by atoms with Crippen LogP contribution in [-0.2, 0) is 17.6 Å². The number of carbonyl (C=O) groups excluding carboxylic acids is 1. The van der Waals surface area contributed by atoms with E-state index in [-0.39, 0.29) is 24.1 Å². The van der Waals surface area contributed by atoms with Crippen LogP contribution in [0.2, 0.25) is 0 Å². The van der Waals surface area contributed by atoms with Gasteiger partial charge in [-0.3, -0.25) is 4.79 Å². The van der Waals surface area contributed by atoms with Crippen LogP contribution in [0.5, 0.6) is 0 Å². The highest BCUT2D eigenvalue weighted by Gasteiger charge is 2.36. The summed E-state index contributed by atoms with van der Waals surface area (Å²) in [5.41, 5.74) is 16.3. The minimum Gasteiger partial charge on any atom is -0.397 e. The Morgan fingerprint density at radius 3 is 2.85 bits per heavy atom. The van der Waals surface area contributed by atoms with Crippen molar-refractivity contribution in [1.82, 2.24) is 15.3 Å². The molecule has 1 saturated carbocycles. The number of ether oxygens (including phenoxy) is 1. The number of anilines is 2. The van der Waals surface area contributed by atoms with Gasteiger partial charge in [0.15, 0.2) is 0 Å². The molecule has 2 aliphatic carbocycles. The molecular weight excluding hydrogens is 448 g/mol. The molecule has 0 radical (unpaired) electrons. The minimum absolute atomic E-state index is 0.0264. The summed E-state index contributed by atoms with van der Waals surface area (Å²) in [7, 11) is 0. The van der Waals surface area contributed by atoms with E-state index in [2.05, 4.69) is 27.3 Å². The van der Waals surface area contributed by atoms with Crippen LogP contribution in [0.4, 0.5) is 11.5 Å². The first kappa shape index (κ1) is 21.8. The van der Waals surface area contributed by atoms with E-state index in [1.807, 2.05) is 19.1 Å². The van der Waals surface area contributed by atoms with Crippen LogP contribution in [0.1, 0.15) is 45.9 Å². The molecule has 3 aliphatic rings. The Kier molecular flexibility index (Phi) is 5.43. The van der Waals surface area contributed by atoms with Crippen LogP contribution in [0.25, 0.3) is 10.2 Å². The molecule has 4 heterocycles. The number of aryl methyl sites for hydroxylation is 2. The first-order valence-corrected chi connectivity index (χ1v) is 12.9. The standard InChI is InChI=1S/C25H30N6O2S/c1-13-2-7-17-22(27)23(34-25(17)28-13)24(32)29-15-4-8-19-14(10-15)3-9-21(30-19)31-11-18(26)20(12-31)33-16-5-6-16/h2-3,7,9,15-16,18,20H,4-6,8,10-12,26-27H2,1H3,(H,29,32). The van der Waals surface area contributed by atoms with Gasteiger partial charge in [-0.1, -0.05) is 6.07 Å². The molecule has 0 bridgehead atoms. The summed E-state index contributed by atoms with van der Waals surface area (Å²) in [5.74, 6) is 0.850. The van der Waals surface area contributed by atoms with E-state index in [1.165, 1.54) is 16.9 Å². The molecule has 9 heteroatoms. The molecule has 5 N–H and O–H groups in total. The van der Waals surface area contributed by atoms with E-state index in [0.717, 1.165) is 72.6 Å². The third-order valence-electron chi connectivity index (χ3n) is 7.05. The molecule has 34 heavy (non-hydrogen) atoms. The summed E-state index contributed by atoms with van der Waals surface area (Å²) in [6, 6.07) is 8.17. The zero-order chi connectivity index (χ0) is 23.4. The van der Waals surface area contributed by atoms with E-state index in [4.69, 9.17) is 21.2 Å². The van der Waals surface area contributed by atoms with Gasteiger partial charge in [-0.05, 0) is 62.8 Å². The fraction of sp³-hybridized carbons (Fsp3) is 0.480. The van der Waals surface area contributed by atoms with Gasteiger partial charge < -0.3 is 26.4 Å². The van der Waals surface area contributed by atoms with Crippen LogP contribution < -0.4 is 21.7 Å². The van der Waals surface area contributed by atoms with Gasteiger partial charge in [0.1, 0.15) is 15.5 Å². The summed E-state index contributed by atoms with van der Waals surface area (Å²) in [4.78, 5) is 26.1. The molecule has 1 saturated heterocycles. The SMILES string of the molecule is Cc1ccc2c(N)c(C(=O)NC3CCc4nc(N5CC(N)C(OC6CC6)C5)ccc4C3)sc2n1. The van der Waals surface area contributed by atoms with E-state index < -0.39 is 0 Å². The fourth-order valence-electron chi connectivity index (χ4n) is 4.99. The zero-order valence-corrected chi connectivity index (χ0v) is 20.1. The van der Waals surface area contributed by atoms with Crippen molar-refractivity contribution >= 4 is 39.0 Å². The van der Waals surface area contributed by atoms with Gasteiger partial charge in [-0.15, -0.1) is 11.3 Å². The van der Waals surface area contributed by atoms with Crippen molar-refractivity contribution in [3.63, 3.8) is 0 Å². The molecule has 0 spiro atoms. The Bertz CT molecular complexity index is 1260. The van der Waals surface area contributed by atoms with Crippen molar-refractivity contribution in [2.45, 2.75) is 63.3 Å². The number of rotatable bonds is 5. The number of amides is 1. The molecule has 1 amide bonds. The molecule has 1 aliphatic heterocycles. The normalized spacial score (nSPS) is 24.4. The lowest BCUT2D eigenvalue weighted by Gasteiger charge is -2.26. The van der Waals surface area contributed by atoms with Crippen LogP contribution in [0, 0.1) is 6.92 Å². The maximum atomic E-state index is 13.0. The number of aromatic nitrogens is 2. The minimum atomic E-state index is -0.121. The lowest BCUT2D eigenvalue weighted by molar-refractivity contribution is 0.0449. The van der Waals surface area contributed by atoms with Crippen LogP contribution in [-0.4, -0.2) is 53.3 Å². The average molecular weight is 479 g/mol. The molecule has 3 aromatic heterocycles. The van der Waals surface area contributed by atoms with Crippen molar-refractivity contribution in [2.75, 3.05) is 23.7 Å². The summed E-state index contributed by atoms with van der Waals surface area (Å²) in [5, 5.41) is 4.04. The number of nitrogens with zero attached hydrogens (tertiary/aromatic N) is 3. The quantitative estimate of drug-likeness (QED) is 0.516. The lowest BCUT2D eigenvalue weighted by atomic mass is 9.91. The molecule has 3 unspecified atom stereocenters. The number of pyridine rings is 2. The number of nitrogens with two attached hydrogens (primary N) is 2. The molecule has 8 nitrogen and oxygen atoms in total. The van der Waals surface area contributed by atoms with Gasteiger partial charge in [-0.2, -0.15) is 0 Å². The number of hydrogen-bond acceptors (Lipinski definition) is 8. The monoisotopic (exact) mass is 478 g/mol. The first-order chi connectivity index (χ1) is 16.4. The lowest BCUT2D eigenvalue weighted by Crippen LogP contribution is -2.39. The Morgan fingerprint density at radius 2 is 2.03 bits per heavy atom. The molecule has 6 rings (SSSR count). The second kappa shape index (κ2) is 8.48. The maximum Gasteiger partial charge on any atom is 0.263 e. The van der Waals surface area contributed by atoms with Gasteiger partial charge >= 0.3 is 0 Å². The predicted octanol–water partition coefficient (Wildman–Crippen LogP) is 2.56. The topological polar surface area (TPSA) is 119 Å². The molecule has 3 aromatic rings. The zero-order valence-electron chi connectivity index (χ0n) is 19.3. The molecule has 2 fully saturated rings. The molecule has 3 atom stereocenters. The molecule has 178 valence electrons. The highest BCUT2D eigenvalue weighted by molar-refractivity contribution is 7.21. The van der Waals surface area contributed by atoms with Crippen molar-refractivity contribution in [1.29, 1.82) is 0 Å². The fourth-order valence-corrected chi connectivity index (χ4v) is 6.03. The number of nitrogens with one attached hydrogen (secondary N) is 1. The average Bonchev–Trinajstić information content (AvgIpc) is 3.48. The van der Waals surface area contributed by atoms with Crippen molar-refractivity contribution in [3.8, 4) is 0 Å². The number of hydrogen-bond donors (Lipinski definition) is 3. The molecular formula is C25H30N6O2S. The predicted molar refractivity (Wildman–Crippen MR) is 134 cm³/mol. The highest BCUT2D eigenvalue weighted by atomic mass is 32.1. The number of thiophene rings is 1. The molecule has 0 aromatic carbocycles. The third kappa shape index (κ3) is 4.12. The second-order valence-electron chi connectivity index (χ2n) is 9.78. The van der Waals surface area contributed by atoms with E-state index in [0.29, 0.717) is 16.7 Å². The number of carbonyl (C=O) groups is 1. The van der Waals surface area contributed by atoms with Gasteiger partial charge in [0, 0.05) is 35.9 Å². The van der Waals surface area contributed by atoms with Gasteiger partial charge in [0.2, 0.25) is 0 Å². The Morgan fingerprint density at radius 1 is 1.18 bits per heavy atom.